The van der Waals surface area contributed by atoms with Gasteiger partial charge >= 0.3 is 0 Å². The molecule has 1 aliphatic rings. The monoisotopic (exact) mass is 370 g/mol. The van der Waals surface area contributed by atoms with Gasteiger partial charge in [0.15, 0.2) is 6.10 Å². The van der Waals surface area contributed by atoms with E-state index in [1.807, 2.05) is 4.90 Å². The minimum atomic E-state index is -1.22. The number of aliphatic hydroxyl groups is 1. The van der Waals surface area contributed by atoms with E-state index in [0.29, 0.717) is 48.9 Å². The van der Waals surface area contributed by atoms with Gasteiger partial charge in [0.1, 0.15) is 11.6 Å². The molecule has 1 aromatic carbocycles. The highest BCUT2D eigenvalue weighted by Gasteiger charge is 2.28. The number of piperazine rings is 1. The number of rotatable bonds is 5. The van der Waals surface area contributed by atoms with Crippen LogP contribution in [0.3, 0.4) is 0 Å². The molecule has 27 heavy (non-hydrogen) atoms. The molecule has 2 heterocycles. The minimum Gasteiger partial charge on any atom is -0.497 e. The SMILES string of the molecule is COc1ccc([C@H](O)C(=O)N2CCN(c3ncccc3C(N)=O)CC2)cc1. The fourth-order valence-electron chi connectivity index (χ4n) is 3.08. The fraction of sp³-hybridized carbons (Fsp3) is 0.316. The highest BCUT2D eigenvalue weighted by molar-refractivity contribution is 5.97. The molecule has 1 atom stereocenters. The van der Waals surface area contributed by atoms with Gasteiger partial charge < -0.3 is 25.4 Å². The van der Waals surface area contributed by atoms with Crippen LogP contribution in [-0.4, -0.2) is 60.1 Å². The van der Waals surface area contributed by atoms with Crippen LogP contribution in [0.4, 0.5) is 5.82 Å². The molecule has 8 nitrogen and oxygen atoms in total. The molecule has 0 saturated carbocycles. The van der Waals surface area contributed by atoms with Crippen molar-refractivity contribution < 1.29 is 19.4 Å². The van der Waals surface area contributed by atoms with Crippen LogP contribution in [-0.2, 0) is 4.79 Å². The molecular formula is C19H22N4O4. The Hall–Kier alpha value is -3.13. The molecule has 1 fully saturated rings. The van der Waals surface area contributed by atoms with Crippen molar-refractivity contribution in [3.8, 4) is 5.75 Å². The summed E-state index contributed by atoms with van der Waals surface area (Å²) in [6, 6.07) is 10.0. The molecular weight excluding hydrogens is 348 g/mol. The van der Waals surface area contributed by atoms with E-state index in [4.69, 9.17) is 10.5 Å². The molecule has 0 spiro atoms. The van der Waals surface area contributed by atoms with Gasteiger partial charge in [-0.1, -0.05) is 12.1 Å². The number of ether oxygens (including phenoxy) is 1. The van der Waals surface area contributed by atoms with Crippen molar-refractivity contribution in [2.24, 2.45) is 5.73 Å². The lowest BCUT2D eigenvalue weighted by Gasteiger charge is -2.36. The van der Waals surface area contributed by atoms with Gasteiger partial charge in [-0.2, -0.15) is 0 Å². The highest BCUT2D eigenvalue weighted by Crippen LogP contribution is 2.22. The molecule has 3 N–H and O–H groups in total. The van der Waals surface area contributed by atoms with E-state index in [1.165, 1.54) is 0 Å². The van der Waals surface area contributed by atoms with E-state index in [1.54, 1.807) is 54.6 Å². The first-order valence-corrected chi connectivity index (χ1v) is 8.62. The Morgan fingerprint density at radius 2 is 1.81 bits per heavy atom. The lowest BCUT2D eigenvalue weighted by atomic mass is 10.1. The van der Waals surface area contributed by atoms with Crippen molar-refractivity contribution in [3.05, 3.63) is 53.7 Å². The van der Waals surface area contributed by atoms with Gasteiger partial charge in [0.05, 0.1) is 12.7 Å². The van der Waals surface area contributed by atoms with Crippen molar-refractivity contribution in [1.82, 2.24) is 9.88 Å². The van der Waals surface area contributed by atoms with Gasteiger partial charge in [0, 0.05) is 32.4 Å². The zero-order valence-corrected chi connectivity index (χ0v) is 15.0. The summed E-state index contributed by atoms with van der Waals surface area (Å²) >= 11 is 0. The average molecular weight is 370 g/mol. The van der Waals surface area contributed by atoms with Crippen LogP contribution < -0.4 is 15.4 Å². The molecule has 3 rings (SSSR count). The summed E-state index contributed by atoms with van der Waals surface area (Å²) in [5.74, 6) is 0.294. The van der Waals surface area contributed by atoms with Gasteiger partial charge in [-0.15, -0.1) is 0 Å². The summed E-state index contributed by atoms with van der Waals surface area (Å²) in [4.78, 5) is 32.0. The molecule has 0 radical (unpaired) electrons. The first kappa shape index (κ1) is 18.7. The molecule has 1 aliphatic heterocycles. The van der Waals surface area contributed by atoms with E-state index in [9.17, 15) is 14.7 Å². The number of hydrogen-bond acceptors (Lipinski definition) is 6. The number of benzene rings is 1. The first-order valence-electron chi connectivity index (χ1n) is 8.62. The first-order chi connectivity index (χ1) is 13.0. The third-order valence-corrected chi connectivity index (χ3v) is 4.61. The van der Waals surface area contributed by atoms with Crippen molar-refractivity contribution in [2.75, 3.05) is 38.2 Å². The highest BCUT2D eigenvalue weighted by atomic mass is 16.5. The number of anilines is 1. The van der Waals surface area contributed by atoms with E-state index < -0.39 is 12.0 Å². The van der Waals surface area contributed by atoms with E-state index in [-0.39, 0.29) is 5.91 Å². The summed E-state index contributed by atoms with van der Waals surface area (Å²) in [6.07, 6.45) is 0.380. The van der Waals surface area contributed by atoms with Crippen LogP contribution in [0, 0.1) is 0 Å². The Morgan fingerprint density at radius 3 is 2.41 bits per heavy atom. The van der Waals surface area contributed by atoms with Crippen LogP contribution in [0.1, 0.15) is 22.0 Å². The predicted molar refractivity (Wildman–Crippen MR) is 99.5 cm³/mol. The molecule has 8 heteroatoms. The van der Waals surface area contributed by atoms with Crippen LogP contribution in [0.15, 0.2) is 42.6 Å². The number of aromatic nitrogens is 1. The third kappa shape index (κ3) is 4.01. The Balaban J connectivity index is 1.64. The summed E-state index contributed by atoms with van der Waals surface area (Å²) in [5, 5.41) is 10.4. The Bertz CT molecular complexity index is 817. The normalized spacial score (nSPS) is 15.3. The minimum absolute atomic E-state index is 0.351. The van der Waals surface area contributed by atoms with Crippen LogP contribution in [0.5, 0.6) is 5.75 Å². The van der Waals surface area contributed by atoms with Crippen molar-refractivity contribution in [1.29, 1.82) is 0 Å². The maximum Gasteiger partial charge on any atom is 0.256 e. The number of nitrogens with zero attached hydrogens (tertiary/aromatic N) is 3. The Labute approximate surface area is 157 Å². The molecule has 0 unspecified atom stereocenters. The largest absolute Gasteiger partial charge is 0.497 e. The van der Waals surface area contributed by atoms with Gasteiger partial charge in [-0.3, -0.25) is 9.59 Å². The topological polar surface area (TPSA) is 109 Å². The number of aliphatic hydroxyl groups excluding tert-OH is 1. The number of nitrogens with two attached hydrogens (primary N) is 1. The smallest absolute Gasteiger partial charge is 0.256 e. The number of primary amides is 1. The standard InChI is InChI=1S/C19H22N4O4/c1-27-14-6-4-13(5-7-14)16(24)19(26)23-11-9-22(10-12-23)18-15(17(20)25)3-2-8-21-18/h2-8,16,24H,9-12H2,1H3,(H2,20,25)/t16-/m0/s1. The summed E-state index contributed by atoms with van der Waals surface area (Å²) in [7, 11) is 1.56. The second-order valence-electron chi connectivity index (χ2n) is 6.23. The quantitative estimate of drug-likeness (QED) is 0.797. The summed E-state index contributed by atoms with van der Waals surface area (Å²) in [5.41, 5.74) is 6.28. The van der Waals surface area contributed by atoms with Gasteiger partial charge in [-0.25, -0.2) is 4.98 Å². The van der Waals surface area contributed by atoms with Crippen LogP contribution in [0.25, 0.3) is 0 Å². The molecule has 2 amide bonds. The van der Waals surface area contributed by atoms with Crippen molar-refractivity contribution >= 4 is 17.6 Å². The third-order valence-electron chi connectivity index (χ3n) is 4.61. The zero-order chi connectivity index (χ0) is 19.4. The second-order valence-corrected chi connectivity index (χ2v) is 6.23. The molecule has 0 bridgehead atoms. The van der Waals surface area contributed by atoms with Gasteiger partial charge in [0.2, 0.25) is 0 Å². The lowest BCUT2D eigenvalue weighted by molar-refractivity contribution is -0.140. The van der Waals surface area contributed by atoms with Crippen LogP contribution >= 0.6 is 0 Å². The molecule has 142 valence electrons. The molecule has 1 saturated heterocycles. The maximum absolute atomic E-state index is 12.6. The van der Waals surface area contributed by atoms with E-state index in [0.717, 1.165) is 0 Å². The Kier molecular flexibility index (Phi) is 5.56. The van der Waals surface area contributed by atoms with Crippen molar-refractivity contribution in [2.45, 2.75) is 6.10 Å². The number of pyridine rings is 1. The van der Waals surface area contributed by atoms with Crippen molar-refractivity contribution in [3.63, 3.8) is 0 Å². The summed E-state index contributed by atoms with van der Waals surface area (Å²) < 4.78 is 5.08. The average Bonchev–Trinajstić information content (AvgIpc) is 2.73. The number of carbonyl (C=O) groups is 2. The van der Waals surface area contributed by atoms with Gasteiger partial charge in [0.25, 0.3) is 11.8 Å². The van der Waals surface area contributed by atoms with E-state index in [2.05, 4.69) is 4.98 Å². The maximum atomic E-state index is 12.6. The fourth-order valence-corrected chi connectivity index (χ4v) is 3.08. The number of methoxy groups -OCH3 is 1. The van der Waals surface area contributed by atoms with E-state index >= 15 is 0 Å². The molecule has 1 aromatic heterocycles. The number of hydrogen-bond donors (Lipinski definition) is 2. The second kappa shape index (κ2) is 8.05. The lowest BCUT2D eigenvalue weighted by Crippen LogP contribution is -2.50. The molecule has 2 aromatic rings. The molecule has 0 aliphatic carbocycles. The van der Waals surface area contributed by atoms with Crippen LogP contribution in [0.2, 0.25) is 0 Å². The number of carbonyl (C=O) groups excluding carboxylic acids is 2. The zero-order valence-electron chi connectivity index (χ0n) is 15.0. The summed E-state index contributed by atoms with van der Waals surface area (Å²) in [6.45, 7) is 1.83. The number of amides is 2. The van der Waals surface area contributed by atoms with Gasteiger partial charge in [-0.05, 0) is 29.8 Å². The predicted octanol–water partition coefficient (Wildman–Crippen LogP) is 0.571. The Morgan fingerprint density at radius 1 is 1.15 bits per heavy atom.